The predicted octanol–water partition coefficient (Wildman–Crippen LogP) is 2.80. The Bertz CT molecular complexity index is 1170. The molecule has 1 fully saturated rings. The number of nitrogens with zero attached hydrogens (tertiary/aromatic N) is 3. The van der Waals surface area contributed by atoms with Gasteiger partial charge in [0.15, 0.2) is 0 Å². The molecule has 0 unspecified atom stereocenters. The summed E-state index contributed by atoms with van der Waals surface area (Å²) in [5.41, 5.74) is 2.43. The molecule has 1 aliphatic rings. The zero-order chi connectivity index (χ0) is 22.6. The molecule has 0 radical (unpaired) electrons. The normalized spacial score (nSPS) is 14.9. The van der Waals surface area contributed by atoms with Crippen LogP contribution in [0.15, 0.2) is 63.1 Å². The van der Waals surface area contributed by atoms with E-state index in [-0.39, 0.29) is 27.7 Å². The van der Waals surface area contributed by atoms with Crippen LogP contribution >= 0.6 is 11.8 Å². The summed E-state index contributed by atoms with van der Waals surface area (Å²) in [5, 5.41) is 11.0. The molecule has 1 saturated heterocycles. The lowest BCUT2D eigenvalue weighted by molar-refractivity contribution is -0.113. The number of morpholine rings is 1. The van der Waals surface area contributed by atoms with E-state index in [1.165, 1.54) is 16.4 Å². The maximum atomic E-state index is 12.7. The number of carbonyl (C=O) groups excluding carboxylic acids is 1. The Morgan fingerprint density at radius 1 is 1.06 bits per heavy atom. The van der Waals surface area contributed by atoms with Crippen LogP contribution in [0.1, 0.15) is 5.56 Å². The molecule has 0 aliphatic carbocycles. The molecular weight excluding hydrogens is 452 g/mol. The number of aromatic nitrogens is 2. The molecule has 0 spiro atoms. The smallest absolute Gasteiger partial charge is 0.277 e. The molecule has 1 aromatic heterocycles. The number of carbonyl (C=O) groups is 1. The number of hydrogen-bond donors (Lipinski definition) is 1. The standard InChI is InChI=1S/C21H22N4O5S2/c1-15-2-6-17(7-3-15)22-19(26)14-31-21-24-23-20(30-21)16-4-8-18(9-5-16)32(27,28)25-10-12-29-13-11-25/h2-9H,10-14H2,1H3,(H,22,26). The Balaban J connectivity index is 1.35. The van der Waals surface area contributed by atoms with Crippen LogP contribution < -0.4 is 5.32 Å². The van der Waals surface area contributed by atoms with Crippen molar-refractivity contribution in [1.29, 1.82) is 0 Å². The lowest BCUT2D eigenvalue weighted by Gasteiger charge is -2.26. The molecule has 1 amide bonds. The minimum atomic E-state index is -3.56. The molecule has 2 aromatic carbocycles. The Hall–Kier alpha value is -2.73. The van der Waals surface area contributed by atoms with Gasteiger partial charge in [0.2, 0.25) is 21.8 Å². The van der Waals surface area contributed by atoms with Crippen molar-refractivity contribution < 1.29 is 22.4 Å². The van der Waals surface area contributed by atoms with Crippen LogP contribution in [0.4, 0.5) is 5.69 Å². The number of thioether (sulfide) groups is 1. The topological polar surface area (TPSA) is 115 Å². The van der Waals surface area contributed by atoms with Gasteiger partial charge in [-0.1, -0.05) is 29.5 Å². The molecule has 4 rings (SSSR count). The van der Waals surface area contributed by atoms with Gasteiger partial charge in [-0.15, -0.1) is 10.2 Å². The molecule has 0 atom stereocenters. The molecule has 2 heterocycles. The Labute approximate surface area is 190 Å². The van der Waals surface area contributed by atoms with Crippen molar-refractivity contribution in [2.45, 2.75) is 17.0 Å². The first-order valence-corrected chi connectivity index (χ1v) is 12.4. The van der Waals surface area contributed by atoms with E-state index in [0.29, 0.717) is 31.9 Å². The average molecular weight is 475 g/mol. The van der Waals surface area contributed by atoms with E-state index < -0.39 is 10.0 Å². The quantitative estimate of drug-likeness (QED) is 0.520. The summed E-state index contributed by atoms with van der Waals surface area (Å²) in [6.45, 7) is 3.44. The number of amides is 1. The lowest BCUT2D eigenvalue weighted by atomic mass is 10.2. The van der Waals surface area contributed by atoms with Crippen molar-refractivity contribution in [2.75, 3.05) is 37.4 Å². The van der Waals surface area contributed by atoms with Crippen LogP contribution in [0.5, 0.6) is 0 Å². The summed E-state index contributed by atoms with van der Waals surface area (Å²) < 4.78 is 37.7. The zero-order valence-corrected chi connectivity index (χ0v) is 19.0. The van der Waals surface area contributed by atoms with Gasteiger partial charge in [0.25, 0.3) is 5.22 Å². The first kappa shape index (κ1) is 22.5. The highest BCUT2D eigenvalue weighted by Gasteiger charge is 2.26. The van der Waals surface area contributed by atoms with Crippen molar-refractivity contribution in [1.82, 2.24) is 14.5 Å². The highest BCUT2D eigenvalue weighted by molar-refractivity contribution is 7.99. The summed E-state index contributed by atoms with van der Waals surface area (Å²) >= 11 is 1.13. The number of sulfonamides is 1. The summed E-state index contributed by atoms with van der Waals surface area (Å²) in [7, 11) is -3.56. The van der Waals surface area contributed by atoms with Gasteiger partial charge in [-0.05, 0) is 43.3 Å². The summed E-state index contributed by atoms with van der Waals surface area (Å²) in [6.07, 6.45) is 0. The number of anilines is 1. The number of aryl methyl sites for hydroxylation is 1. The fraction of sp³-hybridized carbons (Fsp3) is 0.286. The van der Waals surface area contributed by atoms with Crippen LogP contribution in [-0.4, -0.2) is 60.9 Å². The van der Waals surface area contributed by atoms with E-state index in [1.807, 2.05) is 31.2 Å². The summed E-state index contributed by atoms with van der Waals surface area (Å²) in [5.74, 6) is 0.185. The van der Waals surface area contributed by atoms with Gasteiger partial charge >= 0.3 is 0 Å². The van der Waals surface area contributed by atoms with Crippen molar-refractivity contribution in [3.05, 3.63) is 54.1 Å². The Morgan fingerprint density at radius 2 is 1.75 bits per heavy atom. The molecule has 0 saturated carbocycles. The third kappa shape index (κ3) is 5.36. The molecule has 168 valence electrons. The lowest BCUT2D eigenvalue weighted by Crippen LogP contribution is -2.40. The molecule has 0 bridgehead atoms. The van der Waals surface area contributed by atoms with Crippen molar-refractivity contribution in [2.24, 2.45) is 0 Å². The van der Waals surface area contributed by atoms with Crippen molar-refractivity contribution in [3.8, 4) is 11.5 Å². The van der Waals surface area contributed by atoms with Crippen LogP contribution in [0.25, 0.3) is 11.5 Å². The Kier molecular flexibility index (Phi) is 6.89. The number of nitrogens with one attached hydrogen (secondary N) is 1. The summed E-state index contributed by atoms with van der Waals surface area (Å²) in [4.78, 5) is 12.3. The van der Waals surface area contributed by atoms with Crippen LogP contribution in [0.2, 0.25) is 0 Å². The predicted molar refractivity (Wildman–Crippen MR) is 120 cm³/mol. The van der Waals surface area contributed by atoms with Crippen molar-refractivity contribution in [3.63, 3.8) is 0 Å². The van der Waals surface area contributed by atoms with E-state index in [9.17, 15) is 13.2 Å². The van der Waals surface area contributed by atoms with Gasteiger partial charge in [-0.2, -0.15) is 4.31 Å². The van der Waals surface area contributed by atoms with E-state index in [1.54, 1.807) is 12.1 Å². The van der Waals surface area contributed by atoms with E-state index >= 15 is 0 Å². The molecule has 1 N–H and O–H groups in total. The third-order valence-electron chi connectivity index (χ3n) is 4.78. The highest BCUT2D eigenvalue weighted by Crippen LogP contribution is 2.25. The molecule has 32 heavy (non-hydrogen) atoms. The maximum absolute atomic E-state index is 12.7. The molecule has 3 aromatic rings. The first-order valence-electron chi connectivity index (χ1n) is 9.93. The SMILES string of the molecule is Cc1ccc(NC(=O)CSc2nnc(-c3ccc(S(=O)(=O)N4CCOCC4)cc3)o2)cc1. The first-order chi connectivity index (χ1) is 15.4. The largest absolute Gasteiger partial charge is 0.411 e. The summed E-state index contributed by atoms with van der Waals surface area (Å²) in [6, 6.07) is 13.8. The number of ether oxygens (including phenoxy) is 1. The molecule has 9 nitrogen and oxygen atoms in total. The van der Waals surface area contributed by atoms with E-state index in [0.717, 1.165) is 23.0 Å². The minimum Gasteiger partial charge on any atom is -0.411 e. The van der Waals surface area contributed by atoms with Gasteiger partial charge in [-0.3, -0.25) is 4.79 Å². The van der Waals surface area contributed by atoms with Gasteiger partial charge in [0.05, 0.1) is 23.9 Å². The molecular formula is C21H22N4O5S2. The van der Waals surface area contributed by atoms with Gasteiger partial charge in [0.1, 0.15) is 0 Å². The fourth-order valence-electron chi connectivity index (χ4n) is 3.05. The number of benzene rings is 2. The van der Waals surface area contributed by atoms with Crippen molar-refractivity contribution >= 4 is 33.4 Å². The zero-order valence-electron chi connectivity index (χ0n) is 17.4. The van der Waals surface area contributed by atoms with Crippen LogP contribution in [-0.2, 0) is 19.6 Å². The maximum Gasteiger partial charge on any atom is 0.277 e. The minimum absolute atomic E-state index is 0.117. The van der Waals surface area contributed by atoms with Gasteiger partial charge in [-0.25, -0.2) is 8.42 Å². The second-order valence-corrected chi connectivity index (χ2v) is 9.98. The molecule has 1 aliphatic heterocycles. The average Bonchev–Trinajstić information content (AvgIpc) is 3.29. The molecule has 11 heteroatoms. The fourth-order valence-corrected chi connectivity index (χ4v) is 5.02. The van der Waals surface area contributed by atoms with E-state index in [4.69, 9.17) is 9.15 Å². The van der Waals surface area contributed by atoms with E-state index in [2.05, 4.69) is 15.5 Å². The third-order valence-corrected chi connectivity index (χ3v) is 7.51. The van der Waals surface area contributed by atoms with Gasteiger partial charge in [0, 0.05) is 24.3 Å². The second kappa shape index (κ2) is 9.82. The Morgan fingerprint density at radius 3 is 2.44 bits per heavy atom. The van der Waals surface area contributed by atoms with Gasteiger partial charge < -0.3 is 14.5 Å². The number of rotatable bonds is 7. The second-order valence-electron chi connectivity index (χ2n) is 7.12. The van der Waals surface area contributed by atoms with Crippen LogP contribution in [0.3, 0.4) is 0 Å². The highest BCUT2D eigenvalue weighted by atomic mass is 32.2. The monoisotopic (exact) mass is 474 g/mol. The van der Waals surface area contributed by atoms with Crippen LogP contribution in [0, 0.1) is 6.92 Å². The number of hydrogen-bond acceptors (Lipinski definition) is 8.